The van der Waals surface area contributed by atoms with Crippen LogP contribution in [0.5, 0.6) is 5.75 Å². The normalized spacial score (nSPS) is 11.6. The van der Waals surface area contributed by atoms with Crippen molar-refractivity contribution >= 4 is 23.1 Å². The summed E-state index contributed by atoms with van der Waals surface area (Å²) in [6, 6.07) is 15.9. The van der Waals surface area contributed by atoms with Crippen LogP contribution in [0.25, 0.3) is 23.1 Å². The van der Waals surface area contributed by atoms with Gasteiger partial charge in [0.25, 0.3) is 0 Å². The highest BCUT2D eigenvalue weighted by molar-refractivity contribution is 5.88. The fourth-order valence-electron chi connectivity index (χ4n) is 2.77. The first-order chi connectivity index (χ1) is 12.3. The minimum Gasteiger partial charge on any atom is -0.492 e. The molecule has 0 radical (unpaired) electrons. The van der Waals surface area contributed by atoms with Gasteiger partial charge in [-0.25, -0.2) is 0 Å². The minimum atomic E-state index is 0.680. The Morgan fingerprint density at radius 2 is 1.76 bits per heavy atom. The van der Waals surface area contributed by atoms with Gasteiger partial charge in [0.2, 0.25) is 0 Å². The number of fused-ring (bicyclic) bond motifs is 1. The molecule has 0 saturated carbocycles. The van der Waals surface area contributed by atoms with Crippen LogP contribution in [0.3, 0.4) is 0 Å². The highest BCUT2D eigenvalue weighted by Gasteiger charge is 2.05. The van der Waals surface area contributed by atoms with Gasteiger partial charge in [-0.3, -0.25) is 0 Å². The first-order valence-electron chi connectivity index (χ1n) is 8.78. The van der Waals surface area contributed by atoms with E-state index in [0.29, 0.717) is 6.61 Å². The van der Waals surface area contributed by atoms with E-state index in [2.05, 4.69) is 23.9 Å². The van der Waals surface area contributed by atoms with Gasteiger partial charge in [-0.2, -0.15) is 0 Å². The van der Waals surface area contributed by atoms with Crippen molar-refractivity contribution in [2.45, 2.75) is 13.8 Å². The lowest BCUT2D eigenvalue weighted by Gasteiger charge is -2.18. The van der Waals surface area contributed by atoms with Crippen LogP contribution in [-0.4, -0.2) is 36.3 Å². The number of aromatic nitrogens is 1. The number of ether oxygens (including phenoxy) is 1. The Bertz CT molecular complexity index is 835. The fourth-order valence-corrected chi connectivity index (χ4v) is 2.77. The van der Waals surface area contributed by atoms with Gasteiger partial charge in [0.1, 0.15) is 18.1 Å². The maximum Gasteiger partial charge on any atom is 0.167 e. The monoisotopic (exact) mass is 336 g/mol. The molecule has 0 spiro atoms. The molecule has 0 amide bonds. The van der Waals surface area contributed by atoms with E-state index in [-0.39, 0.29) is 0 Å². The van der Waals surface area contributed by atoms with Crippen molar-refractivity contribution in [1.82, 2.24) is 10.1 Å². The molecule has 0 saturated heterocycles. The average molecular weight is 336 g/mol. The summed E-state index contributed by atoms with van der Waals surface area (Å²) in [4.78, 5) is 2.35. The zero-order chi connectivity index (χ0) is 17.5. The van der Waals surface area contributed by atoms with Crippen LogP contribution in [0.4, 0.5) is 0 Å². The Hall–Kier alpha value is -2.59. The van der Waals surface area contributed by atoms with Crippen molar-refractivity contribution < 1.29 is 9.26 Å². The summed E-state index contributed by atoms with van der Waals surface area (Å²) in [5, 5.41) is 5.15. The summed E-state index contributed by atoms with van der Waals surface area (Å²) in [5.74, 6) is 0.888. The van der Waals surface area contributed by atoms with Crippen molar-refractivity contribution in [2.75, 3.05) is 26.2 Å². The number of likely N-dealkylation sites (N-methyl/N-ethyl adjacent to an activating group) is 1. The van der Waals surface area contributed by atoms with Crippen LogP contribution in [-0.2, 0) is 0 Å². The molecular weight excluding hydrogens is 312 g/mol. The molecule has 0 N–H and O–H groups in total. The highest BCUT2D eigenvalue weighted by atomic mass is 16.5. The molecule has 0 aliphatic heterocycles. The van der Waals surface area contributed by atoms with Crippen LogP contribution in [0.1, 0.15) is 25.1 Å². The summed E-state index contributed by atoms with van der Waals surface area (Å²) < 4.78 is 11.3. The molecule has 0 bridgehead atoms. The van der Waals surface area contributed by atoms with E-state index in [4.69, 9.17) is 9.26 Å². The standard InChI is InChI=1S/C21H24N2O2/c1-3-23(4-2)15-16-24-20-11-7-5-9-17(20)13-14-19-18-10-6-8-12-21(18)25-22-19/h5-14H,3-4,15-16H2,1-2H3. The fraction of sp³-hybridized carbons (Fsp3) is 0.286. The Morgan fingerprint density at radius 1 is 1.00 bits per heavy atom. The molecule has 1 heterocycles. The minimum absolute atomic E-state index is 0.680. The summed E-state index contributed by atoms with van der Waals surface area (Å²) in [6.45, 7) is 8.03. The summed E-state index contributed by atoms with van der Waals surface area (Å²) >= 11 is 0. The van der Waals surface area contributed by atoms with Crippen LogP contribution in [0.15, 0.2) is 53.1 Å². The third-order valence-corrected chi connectivity index (χ3v) is 4.30. The molecule has 130 valence electrons. The molecule has 2 aromatic carbocycles. The molecular formula is C21H24N2O2. The molecule has 1 aromatic heterocycles. The predicted octanol–water partition coefficient (Wildman–Crippen LogP) is 4.72. The number of para-hydroxylation sites is 2. The van der Waals surface area contributed by atoms with Gasteiger partial charge in [0, 0.05) is 17.5 Å². The number of rotatable bonds is 8. The first-order valence-corrected chi connectivity index (χ1v) is 8.78. The van der Waals surface area contributed by atoms with Crippen molar-refractivity contribution in [3.05, 3.63) is 59.8 Å². The van der Waals surface area contributed by atoms with Crippen LogP contribution in [0, 0.1) is 0 Å². The average Bonchev–Trinajstić information content (AvgIpc) is 3.07. The highest BCUT2D eigenvalue weighted by Crippen LogP contribution is 2.23. The van der Waals surface area contributed by atoms with Crippen LogP contribution >= 0.6 is 0 Å². The van der Waals surface area contributed by atoms with Crippen LogP contribution < -0.4 is 4.74 Å². The summed E-state index contributed by atoms with van der Waals surface area (Å²) in [5.41, 5.74) is 2.66. The van der Waals surface area contributed by atoms with E-state index < -0.39 is 0 Å². The van der Waals surface area contributed by atoms with Gasteiger partial charge in [-0.15, -0.1) is 0 Å². The van der Waals surface area contributed by atoms with Gasteiger partial charge in [-0.1, -0.05) is 49.3 Å². The SMILES string of the molecule is CCN(CC)CCOc1ccccc1C=Cc1noc2ccccc12. The number of benzene rings is 2. The molecule has 0 fully saturated rings. The molecule has 25 heavy (non-hydrogen) atoms. The summed E-state index contributed by atoms with van der Waals surface area (Å²) in [6.07, 6.45) is 4.00. The van der Waals surface area contributed by atoms with E-state index in [1.165, 1.54) is 0 Å². The zero-order valence-electron chi connectivity index (χ0n) is 14.8. The zero-order valence-corrected chi connectivity index (χ0v) is 14.8. The number of hydrogen-bond donors (Lipinski definition) is 0. The Kier molecular flexibility index (Phi) is 5.86. The Balaban J connectivity index is 1.72. The quantitative estimate of drug-likeness (QED) is 0.597. The van der Waals surface area contributed by atoms with Gasteiger partial charge in [0.15, 0.2) is 5.58 Å². The van der Waals surface area contributed by atoms with E-state index in [0.717, 1.165) is 47.6 Å². The third kappa shape index (κ3) is 4.28. The summed E-state index contributed by atoms with van der Waals surface area (Å²) in [7, 11) is 0. The van der Waals surface area contributed by atoms with Crippen LogP contribution in [0.2, 0.25) is 0 Å². The molecule has 4 nitrogen and oxygen atoms in total. The van der Waals surface area contributed by atoms with E-state index in [1.54, 1.807) is 0 Å². The molecule has 0 aliphatic carbocycles. The predicted molar refractivity (Wildman–Crippen MR) is 103 cm³/mol. The Morgan fingerprint density at radius 3 is 2.60 bits per heavy atom. The smallest absolute Gasteiger partial charge is 0.167 e. The second-order valence-corrected chi connectivity index (χ2v) is 5.81. The van der Waals surface area contributed by atoms with Crippen molar-refractivity contribution in [3.63, 3.8) is 0 Å². The topological polar surface area (TPSA) is 38.5 Å². The van der Waals surface area contributed by atoms with Crippen molar-refractivity contribution in [2.24, 2.45) is 0 Å². The van der Waals surface area contributed by atoms with Gasteiger partial charge >= 0.3 is 0 Å². The maximum atomic E-state index is 5.99. The Labute approximate surface area is 148 Å². The second-order valence-electron chi connectivity index (χ2n) is 5.81. The van der Waals surface area contributed by atoms with Crippen molar-refractivity contribution in [1.29, 1.82) is 0 Å². The van der Waals surface area contributed by atoms with E-state index in [1.807, 2.05) is 60.7 Å². The molecule has 3 aromatic rings. The maximum absolute atomic E-state index is 5.99. The third-order valence-electron chi connectivity index (χ3n) is 4.30. The van der Waals surface area contributed by atoms with Gasteiger partial charge in [0.05, 0.1) is 0 Å². The number of hydrogen-bond acceptors (Lipinski definition) is 4. The second kappa shape index (κ2) is 8.49. The van der Waals surface area contributed by atoms with Gasteiger partial charge < -0.3 is 14.2 Å². The van der Waals surface area contributed by atoms with Crippen molar-refractivity contribution in [3.8, 4) is 5.75 Å². The van der Waals surface area contributed by atoms with Gasteiger partial charge in [-0.05, 0) is 43.4 Å². The molecule has 0 aliphatic rings. The molecule has 4 heteroatoms. The molecule has 0 unspecified atom stereocenters. The largest absolute Gasteiger partial charge is 0.492 e. The first kappa shape index (κ1) is 17.2. The van der Waals surface area contributed by atoms with E-state index in [9.17, 15) is 0 Å². The lowest BCUT2D eigenvalue weighted by atomic mass is 10.1. The lowest BCUT2D eigenvalue weighted by Crippen LogP contribution is -2.27. The lowest BCUT2D eigenvalue weighted by molar-refractivity contribution is 0.222. The molecule has 0 atom stereocenters. The number of nitrogens with zero attached hydrogens (tertiary/aromatic N) is 2. The molecule has 3 rings (SSSR count). The van der Waals surface area contributed by atoms with E-state index >= 15 is 0 Å².